The maximum atomic E-state index is 12.2. The Balaban J connectivity index is 1.57. The highest BCUT2D eigenvalue weighted by atomic mass is 16.7. The molecule has 3 unspecified atom stereocenters. The molecule has 1 amide bonds. The molecule has 5 nitrogen and oxygen atoms in total. The number of carbonyl (C=O) groups excluding carboxylic acids is 2. The molecule has 0 aromatic heterocycles. The normalized spacial score (nSPS) is 30.3. The highest BCUT2D eigenvalue weighted by Crippen LogP contribution is 2.44. The number of esters is 1. The second-order valence-electron chi connectivity index (χ2n) is 6.22. The molecular formula is C18H17NO4. The maximum absolute atomic E-state index is 12.2. The van der Waals surface area contributed by atoms with E-state index in [1.54, 1.807) is 13.8 Å². The largest absolute Gasteiger partial charge is 0.458 e. The van der Waals surface area contributed by atoms with Crippen molar-refractivity contribution in [1.82, 2.24) is 5.32 Å². The number of hydrogen-bond donors (Lipinski definition) is 1. The van der Waals surface area contributed by atoms with Gasteiger partial charge in [0, 0.05) is 17.1 Å². The molecule has 1 fully saturated rings. The third-order valence-electron chi connectivity index (χ3n) is 4.96. The summed E-state index contributed by atoms with van der Waals surface area (Å²) >= 11 is 0. The van der Waals surface area contributed by atoms with Gasteiger partial charge in [0.1, 0.15) is 0 Å². The first-order chi connectivity index (χ1) is 11.1. The van der Waals surface area contributed by atoms with Crippen LogP contribution >= 0.6 is 0 Å². The lowest BCUT2D eigenvalue weighted by atomic mass is 9.97. The minimum Gasteiger partial charge on any atom is -0.458 e. The number of amides is 1. The molecule has 4 rings (SSSR count). The number of nitrogens with one attached hydrogen (secondary N) is 1. The number of fused-ring (bicyclic) bond motifs is 3. The molecule has 3 aliphatic rings. The molecule has 0 radical (unpaired) electrons. The van der Waals surface area contributed by atoms with E-state index < -0.39 is 6.29 Å². The smallest absolute Gasteiger partial charge is 0.337 e. The first-order valence-corrected chi connectivity index (χ1v) is 7.69. The second-order valence-corrected chi connectivity index (χ2v) is 6.22. The molecule has 2 heterocycles. The molecule has 5 heteroatoms. The Bertz CT molecular complexity index is 777. The molecule has 0 saturated carbocycles. The predicted octanol–water partition coefficient (Wildman–Crippen LogP) is 2.15. The molecule has 2 aliphatic heterocycles. The van der Waals surface area contributed by atoms with Crippen molar-refractivity contribution in [3.05, 3.63) is 58.4 Å². The lowest BCUT2D eigenvalue weighted by Gasteiger charge is -2.13. The fourth-order valence-corrected chi connectivity index (χ4v) is 3.47. The SMILES string of the molecule is CC1=C(C)C(O/C=C2/C(=O)NC3c4ccccc4CC23)OC1=O. The van der Waals surface area contributed by atoms with Gasteiger partial charge in [-0.05, 0) is 31.4 Å². The van der Waals surface area contributed by atoms with Gasteiger partial charge >= 0.3 is 5.97 Å². The lowest BCUT2D eigenvalue weighted by molar-refractivity contribution is -0.153. The lowest BCUT2D eigenvalue weighted by Crippen LogP contribution is -2.19. The van der Waals surface area contributed by atoms with E-state index >= 15 is 0 Å². The fraction of sp³-hybridized carbons (Fsp3) is 0.333. The van der Waals surface area contributed by atoms with Gasteiger partial charge in [-0.3, -0.25) is 4.79 Å². The van der Waals surface area contributed by atoms with E-state index in [-0.39, 0.29) is 23.8 Å². The molecule has 0 bridgehead atoms. The Morgan fingerprint density at radius 1 is 1.26 bits per heavy atom. The molecule has 118 valence electrons. The highest BCUT2D eigenvalue weighted by molar-refractivity contribution is 5.97. The van der Waals surface area contributed by atoms with Crippen molar-refractivity contribution in [1.29, 1.82) is 0 Å². The summed E-state index contributed by atoms with van der Waals surface area (Å²) in [6, 6.07) is 8.15. The highest BCUT2D eigenvalue weighted by Gasteiger charge is 2.44. The van der Waals surface area contributed by atoms with E-state index in [4.69, 9.17) is 9.47 Å². The Labute approximate surface area is 134 Å². The number of benzene rings is 1. The summed E-state index contributed by atoms with van der Waals surface area (Å²) in [6.07, 6.45) is 1.55. The molecule has 0 spiro atoms. The van der Waals surface area contributed by atoms with E-state index in [1.807, 2.05) is 12.1 Å². The van der Waals surface area contributed by atoms with Crippen molar-refractivity contribution in [2.45, 2.75) is 32.6 Å². The number of hydrogen-bond acceptors (Lipinski definition) is 4. The minimum atomic E-state index is -0.731. The zero-order valence-corrected chi connectivity index (χ0v) is 13.0. The van der Waals surface area contributed by atoms with E-state index in [0.717, 1.165) is 12.0 Å². The monoisotopic (exact) mass is 311 g/mol. The molecule has 1 aromatic rings. The van der Waals surface area contributed by atoms with Gasteiger partial charge in [-0.2, -0.15) is 0 Å². The van der Waals surface area contributed by atoms with Gasteiger partial charge in [0.2, 0.25) is 0 Å². The van der Waals surface area contributed by atoms with Crippen LogP contribution in [0.25, 0.3) is 0 Å². The number of rotatable bonds is 2. The van der Waals surface area contributed by atoms with Gasteiger partial charge in [0.05, 0.1) is 17.9 Å². The van der Waals surface area contributed by atoms with Crippen LogP contribution in [-0.4, -0.2) is 18.2 Å². The zero-order valence-electron chi connectivity index (χ0n) is 13.0. The van der Waals surface area contributed by atoms with Gasteiger partial charge in [-0.1, -0.05) is 24.3 Å². The van der Waals surface area contributed by atoms with Crippen LogP contribution in [-0.2, 0) is 25.5 Å². The van der Waals surface area contributed by atoms with Gasteiger partial charge in [-0.25, -0.2) is 4.79 Å². The average Bonchev–Trinajstić information content (AvgIpc) is 3.12. The molecular weight excluding hydrogens is 294 g/mol. The van der Waals surface area contributed by atoms with Crippen molar-refractivity contribution in [3.63, 3.8) is 0 Å². The molecule has 1 saturated heterocycles. The van der Waals surface area contributed by atoms with Crippen molar-refractivity contribution < 1.29 is 19.1 Å². The molecule has 23 heavy (non-hydrogen) atoms. The van der Waals surface area contributed by atoms with Gasteiger partial charge in [-0.15, -0.1) is 0 Å². The Morgan fingerprint density at radius 3 is 2.78 bits per heavy atom. The van der Waals surface area contributed by atoms with E-state index in [9.17, 15) is 9.59 Å². The van der Waals surface area contributed by atoms with Crippen molar-refractivity contribution in [3.8, 4) is 0 Å². The standard InChI is InChI=1S/C18H17NO4/c1-9-10(2)18(23-17(9)21)22-8-14-13-7-11-5-3-4-6-12(11)15(13)19-16(14)20/h3-6,8,13,15,18H,7H2,1-2H3,(H,19,20)/b14-8+. The van der Waals surface area contributed by atoms with E-state index in [2.05, 4.69) is 17.4 Å². The quantitative estimate of drug-likeness (QED) is 0.516. The summed E-state index contributed by atoms with van der Waals surface area (Å²) in [6.45, 7) is 3.51. The van der Waals surface area contributed by atoms with Crippen LogP contribution in [0.2, 0.25) is 0 Å². The summed E-state index contributed by atoms with van der Waals surface area (Å²) in [5.41, 5.74) is 4.35. The van der Waals surface area contributed by atoms with Crippen LogP contribution in [0.3, 0.4) is 0 Å². The zero-order chi connectivity index (χ0) is 16.1. The summed E-state index contributed by atoms with van der Waals surface area (Å²) < 4.78 is 10.7. The van der Waals surface area contributed by atoms with Crippen LogP contribution in [0, 0.1) is 5.92 Å². The minimum absolute atomic E-state index is 0.0121. The molecule has 1 aliphatic carbocycles. The van der Waals surface area contributed by atoms with Crippen LogP contribution in [0.1, 0.15) is 31.0 Å². The van der Waals surface area contributed by atoms with Crippen molar-refractivity contribution in [2.24, 2.45) is 5.92 Å². The van der Waals surface area contributed by atoms with Crippen LogP contribution < -0.4 is 5.32 Å². The summed E-state index contributed by atoms with van der Waals surface area (Å²) in [7, 11) is 0. The van der Waals surface area contributed by atoms with Gasteiger partial charge in [0.25, 0.3) is 12.2 Å². The number of cyclic esters (lactones) is 1. The number of ether oxygens (including phenoxy) is 2. The van der Waals surface area contributed by atoms with Crippen molar-refractivity contribution >= 4 is 11.9 Å². The number of carbonyl (C=O) groups is 2. The third kappa shape index (κ3) is 2.07. The van der Waals surface area contributed by atoms with E-state index in [1.165, 1.54) is 17.4 Å². The first-order valence-electron chi connectivity index (χ1n) is 7.69. The van der Waals surface area contributed by atoms with Crippen LogP contribution in [0.4, 0.5) is 0 Å². The molecule has 1 aromatic carbocycles. The predicted molar refractivity (Wildman–Crippen MR) is 81.9 cm³/mol. The summed E-state index contributed by atoms with van der Waals surface area (Å²) in [4.78, 5) is 23.8. The van der Waals surface area contributed by atoms with Crippen LogP contribution in [0.5, 0.6) is 0 Å². The first kappa shape index (κ1) is 14.1. The topological polar surface area (TPSA) is 64.6 Å². The average molecular weight is 311 g/mol. The Morgan fingerprint density at radius 2 is 2.04 bits per heavy atom. The maximum Gasteiger partial charge on any atom is 0.337 e. The summed E-state index contributed by atoms with van der Waals surface area (Å²) in [5.74, 6) is -0.410. The van der Waals surface area contributed by atoms with Gasteiger partial charge in [0.15, 0.2) is 0 Å². The summed E-state index contributed by atoms with van der Waals surface area (Å²) in [5, 5.41) is 3.02. The van der Waals surface area contributed by atoms with Gasteiger partial charge < -0.3 is 14.8 Å². The second kappa shape index (κ2) is 4.98. The third-order valence-corrected chi connectivity index (χ3v) is 4.96. The van der Waals surface area contributed by atoms with Crippen LogP contribution in [0.15, 0.2) is 47.2 Å². The Hall–Kier alpha value is -2.56. The molecule has 3 atom stereocenters. The Kier molecular flexibility index (Phi) is 3.04. The fourth-order valence-electron chi connectivity index (χ4n) is 3.47. The van der Waals surface area contributed by atoms with E-state index in [0.29, 0.717) is 11.1 Å². The van der Waals surface area contributed by atoms with Crippen molar-refractivity contribution in [2.75, 3.05) is 0 Å². The molecule has 1 N–H and O–H groups in total.